The molecule has 0 radical (unpaired) electrons. The van der Waals surface area contributed by atoms with Crippen molar-refractivity contribution in [3.05, 3.63) is 23.9 Å². The zero-order valence-electron chi connectivity index (χ0n) is 7.89. The summed E-state index contributed by atoms with van der Waals surface area (Å²) in [4.78, 5) is 4.23. The van der Waals surface area contributed by atoms with Crippen LogP contribution in [0.1, 0.15) is 34.1 Å². The molecule has 0 saturated heterocycles. The summed E-state index contributed by atoms with van der Waals surface area (Å²) in [6, 6.07) is 0. The lowest BCUT2D eigenvalue weighted by Gasteiger charge is -1.96. The SMILES string of the molecule is C\C=C/N=C(C)/C(C)=C/CC. The molecule has 0 rings (SSSR count). The first-order chi connectivity index (χ1) is 5.22. The molecule has 0 unspecified atom stereocenters. The molecule has 0 fully saturated rings. The van der Waals surface area contributed by atoms with Crippen LogP contribution in [0.2, 0.25) is 0 Å². The summed E-state index contributed by atoms with van der Waals surface area (Å²) >= 11 is 0. The molecule has 0 aliphatic rings. The number of hydrogen-bond acceptors (Lipinski definition) is 1. The highest BCUT2D eigenvalue weighted by Gasteiger charge is 1.89. The summed E-state index contributed by atoms with van der Waals surface area (Å²) in [5.41, 5.74) is 2.37. The standard InChI is InChI=1S/C10H17N/c1-5-7-9(3)10(4)11-8-6-2/h6-8H,5H2,1-4H3/b8-6-,9-7+,11-10+. The Hall–Kier alpha value is -0.850. The monoisotopic (exact) mass is 151 g/mol. The minimum absolute atomic E-state index is 1.08. The van der Waals surface area contributed by atoms with E-state index in [1.807, 2.05) is 26.1 Å². The van der Waals surface area contributed by atoms with Gasteiger partial charge in [-0.1, -0.05) is 19.1 Å². The molecular weight excluding hydrogens is 134 g/mol. The molecule has 0 atom stereocenters. The van der Waals surface area contributed by atoms with Gasteiger partial charge in [0, 0.05) is 11.9 Å². The largest absolute Gasteiger partial charge is 0.262 e. The third-order valence-electron chi connectivity index (χ3n) is 1.50. The fraction of sp³-hybridized carbons (Fsp3) is 0.500. The topological polar surface area (TPSA) is 12.4 Å². The minimum atomic E-state index is 1.08. The van der Waals surface area contributed by atoms with Crippen LogP contribution >= 0.6 is 0 Å². The molecule has 0 amide bonds. The zero-order valence-corrected chi connectivity index (χ0v) is 7.89. The maximum atomic E-state index is 4.23. The Labute approximate surface area is 69.5 Å². The van der Waals surface area contributed by atoms with Crippen LogP contribution < -0.4 is 0 Å². The van der Waals surface area contributed by atoms with Crippen molar-refractivity contribution in [2.45, 2.75) is 34.1 Å². The van der Waals surface area contributed by atoms with Crippen LogP contribution in [0.15, 0.2) is 28.9 Å². The molecule has 1 nitrogen and oxygen atoms in total. The average molecular weight is 151 g/mol. The number of aliphatic imine (C=N–C) groups is 1. The Balaban J connectivity index is 4.22. The van der Waals surface area contributed by atoms with Crippen molar-refractivity contribution >= 4 is 5.71 Å². The van der Waals surface area contributed by atoms with Gasteiger partial charge in [-0.2, -0.15) is 0 Å². The molecule has 0 aliphatic heterocycles. The molecule has 0 spiro atoms. The molecule has 0 N–H and O–H groups in total. The number of rotatable bonds is 3. The van der Waals surface area contributed by atoms with Gasteiger partial charge in [0.1, 0.15) is 0 Å². The number of nitrogens with zero attached hydrogens (tertiary/aromatic N) is 1. The Morgan fingerprint density at radius 3 is 2.45 bits per heavy atom. The van der Waals surface area contributed by atoms with Crippen LogP contribution in [0.3, 0.4) is 0 Å². The Kier molecular flexibility index (Phi) is 5.44. The highest BCUT2D eigenvalue weighted by molar-refractivity contribution is 5.97. The molecule has 0 bridgehead atoms. The van der Waals surface area contributed by atoms with Crippen molar-refractivity contribution in [2.75, 3.05) is 0 Å². The van der Waals surface area contributed by atoms with Gasteiger partial charge in [-0.3, -0.25) is 4.99 Å². The van der Waals surface area contributed by atoms with Gasteiger partial charge in [0.25, 0.3) is 0 Å². The van der Waals surface area contributed by atoms with Gasteiger partial charge < -0.3 is 0 Å². The van der Waals surface area contributed by atoms with E-state index in [1.54, 1.807) is 0 Å². The fourth-order valence-electron chi connectivity index (χ4n) is 0.742. The summed E-state index contributed by atoms with van der Waals surface area (Å²) in [6.45, 7) is 8.22. The Bertz CT molecular complexity index is 185. The number of allylic oxidation sites excluding steroid dienone is 3. The normalized spacial score (nSPS) is 14.5. The van der Waals surface area contributed by atoms with Crippen molar-refractivity contribution < 1.29 is 0 Å². The van der Waals surface area contributed by atoms with Gasteiger partial charge in [-0.15, -0.1) is 0 Å². The van der Waals surface area contributed by atoms with Gasteiger partial charge in [-0.05, 0) is 32.8 Å². The molecular formula is C10H17N. The lowest BCUT2D eigenvalue weighted by Crippen LogP contribution is -1.91. The summed E-state index contributed by atoms with van der Waals surface area (Å²) in [5.74, 6) is 0. The van der Waals surface area contributed by atoms with E-state index in [4.69, 9.17) is 0 Å². The minimum Gasteiger partial charge on any atom is -0.262 e. The van der Waals surface area contributed by atoms with Crippen LogP contribution in [0.25, 0.3) is 0 Å². The first kappa shape index (κ1) is 10.2. The summed E-state index contributed by atoms with van der Waals surface area (Å²) < 4.78 is 0. The molecule has 0 saturated carbocycles. The molecule has 0 aliphatic carbocycles. The summed E-state index contributed by atoms with van der Waals surface area (Å²) in [7, 11) is 0. The maximum Gasteiger partial charge on any atom is 0.0398 e. The van der Waals surface area contributed by atoms with Gasteiger partial charge in [0.15, 0.2) is 0 Å². The van der Waals surface area contributed by atoms with Gasteiger partial charge in [-0.25, -0.2) is 0 Å². The lowest BCUT2D eigenvalue weighted by atomic mass is 10.2. The van der Waals surface area contributed by atoms with Crippen molar-refractivity contribution in [1.82, 2.24) is 0 Å². The number of hydrogen-bond donors (Lipinski definition) is 0. The maximum absolute atomic E-state index is 4.23. The van der Waals surface area contributed by atoms with E-state index in [2.05, 4.69) is 24.9 Å². The Morgan fingerprint density at radius 1 is 1.36 bits per heavy atom. The first-order valence-corrected chi connectivity index (χ1v) is 4.05. The summed E-state index contributed by atoms with van der Waals surface area (Å²) in [6.07, 6.45) is 7.02. The van der Waals surface area contributed by atoms with E-state index in [0.29, 0.717) is 0 Å². The van der Waals surface area contributed by atoms with Crippen LogP contribution in [-0.2, 0) is 0 Å². The zero-order chi connectivity index (χ0) is 8.69. The van der Waals surface area contributed by atoms with E-state index in [9.17, 15) is 0 Å². The molecule has 0 heterocycles. The van der Waals surface area contributed by atoms with Crippen LogP contribution in [0.5, 0.6) is 0 Å². The molecule has 11 heavy (non-hydrogen) atoms. The van der Waals surface area contributed by atoms with Crippen molar-refractivity contribution in [2.24, 2.45) is 4.99 Å². The summed E-state index contributed by atoms with van der Waals surface area (Å²) in [5, 5.41) is 0. The van der Waals surface area contributed by atoms with Crippen LogP contribution in [-0.4, -0.2) is 5.71 Å². The fourth-order valence-corrected chi connectivity index (χ4v) is 0.742. The van der Waals surface area contributed by atoms with Crippen LogP contribution in [0, 0.1) is 0 Å². The molecule has 0 aromatic carbocycles. The second kappa shape index (κ2) is 5.90. The van der Waals surface area contributed by atoms with E-state index in [0.717, 1.165) is 12.1 Å². The van der Waals surface area contributed by atoms with Crippen LogP contribution in [0.4, 0.5) is 0 Å². The molecule has 1 heteroatoms. The van der Waals surface area contributed by atoms with Crippen molar-refractivity contribution in [3.8, 4) is 0 Å². The van der Waals surface area contributed by atoms with Crippen molar-refractivity contribution in [3.63, 3.8) is 0 Å². The second-order valence-corrected chi connectivity index (χ2v) is 2.49. The van der Waals surface area contributed by atoms with E-state index in [-0.39, 0.29) is 0 Å². The quantitative estimate of drug-likeness (QED) is 0.548. The third-order valence-corrected chi connectivity index (χ3v) is 1.50. The molecule has 62 valence electrons. The highest BCUT2D eigenvalue weighted by atomic mass is 14.7. The van der Waals surface area contributed by atoms with E-state index < -0.39 is 0 Å². The Morgan fingerprint density at radius 2 is 2.00 bits per heavy atom. The smallest absolute Gasteiger partial charge is 0.0398 e. The predicted molar refractivity (Wildman–Crippen MR) is 52.0 cm³/mol. The van der Waals surface area contributed by atoms with Gasteiger partial charge in [0.2, 0.25) is 0 Å². The third kappa shape index (κ3) is 4.54. The average Bonchev–Trinajstić information content (AvgIpc) is 2.00. The predicted octanol–water partition coefficient (Wildman–Crippen LogP) is 3.34. The van der Waals surface area contributed by atoms with E-state index in [1.165, 1.54) is 5.57 Å². The molecule has 0 aromatic heterocycles. The first-order valence-electron chi connectivity index (χ1n) is 4.05. The van der Waals surface area contributed by atoms with Gasteiger partial charge >= 0.3 is 0 Å². The van der Waals surface area contributed by atoms with E-state index >= 15 is 0 Å². The second-order valence-electron chi connectivity index (χ2n) is 2.49. The lowest BCUT2D eigenvalue weighted by molar-refractivity contribution is 1.20. The highest BCUT2D eigenvalue weighted by Crippen LogP contribution is 1.98. The van der Waals surface area contributed by atoms with Crippen molar-refractivity contribution in [1.29, 1.82) is 0 Å². The van der Waals surface area contributed by atoms with Gasteiger partial charge in [0.05, 0.1) is 0 Å². The molecule has 0 aromatic rings.